The molecule has 1 aliphatic heterocycles. The zero-order chi connectivity index (χ0) is 19.4. The van der Waals surface area contributed by atoms with Gasteiger partial charge in [-0.2, -0.15) is 0 Å². The molecular weight excluding hydrogens is 344 g/mol. The molecule has 1 spiro atoms. The highest BCUT2D eigenvalue weighted by Gasteiger charge is 2.83. The average Bonchev–Trinajstić information content (AvgIpc) is 3.34. The number of hydrogen-bond acceptors (Lipinski definition) is 5. The van der Waals surface area contributed by atoms with Gasteiger partial charge in [-0.1, -0.05) is 27.2 Å². The smallest absolute Gasteiger partial charge is 0.302 e. The van der Waals surface area contributed by atoms with Gasteiger partial charge >= 0.3 is 5.97 Å². The summed E-state index contributed by atoms with van der Waals surface area (Å²) >= 11 is 0. The van der Waals surface area contributed by atoms with Gasteiger partial charge in [0.2, 0.25) is 0 Å². The summed E-state index contributed by atoms with van der Waals surface area (Å²) in [6.45, 7) is 8.39. The molecule has 4 aliphatic carbocycles. The second kappa shape index (κ2) is 5.15. The van der Waals surface area contributed by atoms with Crippen molar-refractivity contribution in [2.75, 3.05) is 6.61 Å². The van der Waals surface area contributed by atoms with Crippen LogP contribution in [0.3, 0.4) is 0 Å². The van der Waals surface area contributed by atoms with Crippen LogP contribution in [0.25, 0.3) is 0 Å². The number of rotatable bonds is 2. The number of esters is 1. The van der Waals surface area contributed by atoms with Gasteiger partial charge in [0.1, 0.15) is 11.9 Å². The number of aliphatic hydroxyl groups is 1. The van der Waals surface area contributed by atoms with E-state index < -0.39 is 5.41 Å². The van der Waals surface area contributed by atoms with Gasteiger partial charge in [0, 0.05) is 18.8 Å². The van der Waals surface area contributed by atoms with Crippen LogP contribution in [0.5, 0.6) is 0 Å². The van der Waals surface area contributed by atoms with Gasteiger partial charge in [0.25, 0.3) is 0 Å². The molecule has 0 aromatic carbocycles. The maximum atomic E-state index is 13.3. The largest absolute Gasteiger partial charge is 0.462 e. The summed E-state index contributed by atoms with van der Waals surface area (Å²) in [5.74, 6) is 0.506. The molecule has 0 amide bonds. The van der Waals surface area contributed by atoms with Crippen molar-refractivity contribution < 1.29 is 24.2 Å². The van der Waals surface area contributed by atoms with Crippen LogP contribution in [0.2, 0.25) is 0 Å². The minimum absolute atomic E-state index is 0.0479. The number of ketones is 1. The van der Waals surface area contributed by atoms with Crippen molar-refractivity contribution in [3.63, 3.8) is 0 Å². The molecular formula is C22H32O5. The summed E-state index contributed by atoms with van der Waals surface area (Å²) in [7, 11) is 0. The first-order chi connectivity index (χ1) is 12.6. The summed E-state index contributed by atoms with van der Waals surface area (Å²) in [5.41, 5.74) is -0.862. The minimum Gasteiger partial charge on any atom is -0.462 e. The summed E-state index contributed by atoms with van der Waals surface area (Å²) in [4.78, 5) is 25.3. The number of carbonyl (C=O) groups excluding carboxylic acids is 2. The van der Waals surface area contributed by atoms with Crippen LogP contribution in [-0.4, -0.2) is 41.8 Å². The fraction of sp³-hybridized carbons (Fsp3) is 0.909. The molecule has 0 unspecified atom stereocenters. The number of Topliss-reactive ketones (excluding diaryl/α,β-unsaturated/α-hetero) is 1. The number of hydrogen-bond donors (Lipinski definition) is 1. The van der Waals surface area contributed by atoms with E-state index in [4.69, 9.17) is 9.47 Å². The predicted octanol–water partition coefficient (Wildman–Crippen LogP) is 2.88. The van der Waals surface area contributed by atoms with Crippen molar-refractivity contribution in [1.29, 1.82) is 0 Å². The van der Waals surface area contributed by atoms with Crippen LogP contribution in [0.1, 0.15) is 66.2 Å². The van der Waals surface area contributed by atoms with Gasteiger partial charge in [-0.15, -0.1) is 0 Å². The van der Waals surface area contributed by atoms with Gasteiger partial charge in [-0.3, -0.25) is 9.59 Å². The summed E-state index contributed by atoms with van der Waals surface area (Å²) in [6.07, 6.45) is 5.00. The summed E-state index contributed by atoms with van der Waals surface area (Å²) in [6, 6.07) is 0. The molecule has 5 fully saturated rings. The molecule has 1 N–H and O–H groups in total. The molecule has 1 saturated heterocycles. The zero-order valence-corrected chi connectivity index (χ0v) is 16.9. The average molecular weight is 376 g/mol. The quantitative estimate of drug-likeness (QED) is 0.592. The maximum Gasteiger partial charge on any atom is 0.302 e. The van der Waals surface area contributed by atoms with E-state index in [1.54, 1.807) is 0 Å². The van der Waals surface area contributed by atoms with E-state index in [1.165, 1.54) is 19.8 Å². The first kappa shape index (κ1) is 18.1. The first-order valence-electron chi connectivity index (χ1n) is 10.6. The van der Waals surface area contributed by atoms with Gasteiger partial charge in [0.15, 0.2) is 0 Å². The second-order valence-corrected chi connectivity index (χ2v) is 11.0. The van der Waals surface area contributed by atoms with E-state index in [2.05, 4.69) is 20.8 Å². The van der Waals surface area contributed by atoms with Crippen molar-refractivity contribution in [3.05, 3.63) is 0 Å². The lowest BCUT2D eigenvalue weighted by Gasteiger charge is -2.66. The molecule has 1 heterocycles. The van der Waals surface area contributed by atoms with Crippen LogP contribution < -0.4 is 0 Å². The monoisotopic (exact) mass is 376 g/mol. The van der Waals surface area contributed by atoms with E-state index in [0.29, 0.717) is 18.8 Å². The van der Waals surface area contributed by atoms with E-state index in [1.807, 2.05) is 0 Å². The van der Waals surface area contributed by atoms with Crippen LogP contribution in [0, 0.1) is 33.5 Å². The molecule has 5 aliphatic rings. The van der Waals surface area contributed by atoms with Crippen LogP contribution in [-0.2, 0) is 19.1 Å². The third-order valence-electron chi connectivity index (χ3n) is 9.49. The van der Waals surface area contributed by atoms with Crippen molar-refractivity contribution in [1.82, 2.24) is 0 Å². The Morgan fingerprint density at radius 3 is 2.63 bits per heavy atom. The van der Waals surface area contributed by atoms with E-state index in [9.17, 15) is 14.7 Å². The fourth-order valence-electron chi connectivity index (χ4n) is 8.41. The minimum atomic E-state index is -0.771. The molecule has 2 bridgehead atoms. The van der Waals surface area contributed by atoms with Gasteiger partial charge in [0.05, 0.1) is 24.2 Å². The Bertz CT molecular complexity index is 715. The molecule has 5 heteroatoms. The lowest BCUT2D eigenvalue weighted by molar-refractivity contribution is -0.229. The second-order valence-electron chi connectivity index (χ2n) is 11.0. The van der Waals surface area contributed by atoms with E-state index in [0.717, 1.165) is 12.8 Å². The van der Waals surface area contributed by atoms with Crippen molar-refractivity contribution in [3.8, 4) is 0 Å². The standard InChI is InChI=1S/C22H32O5/c1-12(24)26-16-9-13-19(2,3)6-5-7-20(13,4)14-8-15(25)21(11-23)10-22(14,16)18-17(21)27-18/h13-14,16-18,23H,5-11H2,1-4H3/t13-,14+,16+,17+,18-,20-,21-,22+/m1/s1. The summed E-state index contributed by atoms with van der Waals surface area (Å²) < 4.78 is 12.0. The molecule has 150 valence electrons. The molecule has 4 saturated carbocycles. The molecule has 0 aromatic rings. The Morgan fingerprint density at radius 2 is 1.96 bits per heavy atom. The number of epoxide rings is 1. The third-order valence-corrected chi connectivity index (χ3v) is 9.49. The topological polar surface area (TPSA) is 76.1 Å². The highest BCUT2D eigenvalue weighted by Crippen LogP contribution is 2.77. The molecule has 5 nitrogen and oxygen atoms in total. The van der Waals surface area contributed by atoms with Crippen LogP contribution >= 0.6 is 0 Å². The van der Waals surface area contributed by atoms with E-state index in [-0.39, 0.29) is 58.8 Å². The van der Waals surface area contributed by atoms with Gasteiger partial charge in [-0.05, 0) is 48.3 Å². The van der Waals surface area contributed by atoms with Crippen LogP contribution in [0.15, 0.2) is 0 Å². The molecule has 5 rings (SSSR count). The van der Waals surface area contributed by atoms with Crippen molar-refractivity contribution in [2.24, 2.45) is 33.5 Å². The van der Waals surface area contributed by atoms with Crippen molar-refractivity contribution >= 4 is 11.8 Å². The van der Waals surface area contributed by atoms with Gasteiger partial charge in [-0.25, -0.2) is 0 Å². The predicted molar refractivity (Wildman–Crippen MR) is 97.7 cm³/mol. The Balaban J connectivity index is 1.66. The first-order valence-corrected chi connectivity index (χ1v) is 10.6. The number of carbonyl (C=O) groups is 2. The Morgan fingerprint density at radius 1 is 1.22 bits per heavy atom. The fourth-order valence-corrected chi connectivity index (χ4v) is 8.41. The Labute approximate surface area is 161 Å². The van der Waals surface area contributed by atoms with Crippen molar-refractivity contribution in [2.45, 2.75) is 84.5 Å². The maximum absolute atomic E-state index is 13.3. The SMILES string of the molecule is CC(=O)O[C@H]1C[C@@H]2C(C)(C)CCC[C@@]2(C)[C@@H]2CC(=O)[C@]3(CO)C[C@@]12[C@@H]1O[C@@H]13. The highest BCUT2D eigenvalue weighted by atomic mass is 16.6. The molecule has 0 aromatic heterocycles. The number of fused-ring (bicyclic) bond motifs is 5. The van der Waals surface area contributed by atoms with Crippen LogP contribution in [0.4, 0.5) is 0 Å². The normalized spacial score (nSPS) is 54.6. The van der Waals surface area contributed by atoms with Gasteiger partial charge < -0.3 is 14.6 Å². The lowest BCUT2D eigenvalue weighted by atomic mass is 9.39. The number of ether oxygens (including phenoxy) is 2. The Hall–Kier alpha value is -0.940. The van der Waals surface area contributed by atoms with E-state index >= 15 is 0 Å². The number of aliphatic hydroxyl groups excluding tert-OH is 1. The molecule has 27 heavy (non-hydrogen) atoms. The molecule has 0 radical (unpaired) electrons. The molecule has 8 atom stereocenters. The highest BCUT2D eigenvalue weighted by molar-refractivity contribution is 5.89. The third kappa shape index (κ3) is 1.98. The summed E-state index contributed by atoms with van der Waals surface area (Å²) in [5, 5.41) is 10.2. The zero-order valence-electron chi connectivity index (χ0n) is 16.9. The Kier molecular flexibility index (Phi) is 3.46. The lowest BCUT2D eigenvalue weighted by Crippen LogP contribution is -2.65.